The van der Waals surface area contributed by atoms with Crippen LogP contribution in [0.15, 0.2) is 4.99 Å². The van der Waals surface area contributed by atoms with E-state index in [0.717, 1.165) is 12.3 Å². The lowest BCUT2D eigenvalue weighted by molar-refractivity contribution is 0.157. The summed E-state index contributed by atoms with van der Waals surface area (Å²) in [5.41, 5.74) is 6.46. The van der Waals surface area contributed by atoms with Gasteiger partial charge in [-0.15, -0.1) is 0 Å². The molecule has 2 atom stereocenters. The lowest BCUT2D eigenvalue weighted by Gasteiger charge is -2.44. The molecule has 0 aromatic carbocycles. The van der Waals surface area contributed by atoms with Crippen LogP contribution in [0.4, 0.5) is 0 Å². The molecule has 0 radical (unpaired) electrons. The molecule has 2 N–H and O–H groups in total. The molecule has 1 fully saturated rings. The molecule has 0 aromatic heterocycles. The van der Waals surface area contributed by atoms with Crippen molar-refractivity contribution in [3.63, 3.8) is 0 Å². The first-order valence-electron chi connectivity index (χ1n) is 8.88. The maximum Gasteiger partial charge on any atom is 0.0946 e. The zero-order valence-electron chi connectivity index (χ0n) is 14.3. The van der Waals surface area contributed by atoms with Crippen molar-refractivity contribution in [3.8, 4) is 0 Å². The highest BCUT2D eigenvalue weighted by Crippen LogP contribution is 2.44. The highest BCUT2D eigenvalue weighted by molar-refractivity contribution is 5.81. The number of amidine groups is 1. The van der Waals surface area contributed by atoms with Crippen LogP contribution in [0.1, 0.15) is 91.9 Å². The summed E-state index contributed by atoms with van der Waals surface area (Å²) in [6, 6.07) is 0. The van der Waals surface area contributed by atoms with E-state index in [1.165, 1.54) is 57.8 Å². The molecule has 1 rings (SSSR count). The van der Waals surface area contributed by atoms with Gasteiger partial charge < -0.3 is 5.73 Å². The minimum Gasteiger partial charge on any atom is -0.387 e. The number of hydrogen-bond donors (Lipinski definition) is 1. The molecule has 2 nitrogen and oxygen atoms in total. The van der Waals surface area contributed by atoms with Gasteiger partial charge in [0.05, 0.1) is 11.4 Å². The zero-order chi connectivity index (χ0) is 15.0. The van der Waals surface area contributed by atoms with Gasteiger partial charge in [-0.05, 0) is 37.5 Å². The van der Waals surface area contributed by atoms with Crippen molar-refractivity contribution in [3.05, 3.63) is 0 Å². The average Bonchev–Trinajstić information content (AvgIpc) is 2.37. The standard InChI is InChI=1S/C18H36N2/c1-5-7-10-15(3)14-17(19)20-18(12-9-13-18)16(4)11-8-6-2/h15-16H,5-14H2,1-4H3,(H2,19,20). The summed E-state index contributed by atoms with van der Waals surface area (Å²) in [6.07, 6.45) is 12.6. The molecule has 1 aliphatic rings. The predicted molar refractivity (Wildman–Crippen MR) is 90.2 cm³/mol. The predicted octanol–water partition coefficient (Wildman–Crippen LogP) is 5.31. The summed E-state index contributed by atoms with van der Waals surface area (Å²) in [7, 11) is 0. The minimum absolute atomic E-state index is 0.198. The maximum atomic E-state index is 6.26. The Morgan fingerprint density at radius 2 is 1.70 bits per heavy atom. The van der Waals surface area contributed by atoms with Gasteiger partial charge in [-0.3, -0.25) is 4.99 Å². The second kappa shape index (κ2) is 8.69. The number of hydrogen-bond acceptors (Lipinski definition) is 1. The van der Waals surface area contributed by atoms with Crippen molar-refractivity contribution in [2.45, 2.75) is 97.4 Å². The van der Waals surface area contributed by atoms with Crippen LogP contribution in [0.2, 0.25) is 0 Å². The third-order valence-corrected chi connectivity index (χ3v) is 5.10. The first-order chi connectivity index (χ1) is 9.54. The highest BCUT2D eigenvalue weighted by atomic mass is 15.0. The Labute approximate surface area is 126 Å². The second-order valence-electron chi connectivity index (χ2n) is 7.06. The number of nitrogens with two attached hydrogens (primary N) is 1. The fourth-order valence-corrected chi connectivity index (χ4v) is 3.38. The third kappa shape index (κ3) is 5.10. The van der Waals surface area contributed by atoms with Gasteiger partial charge in [-0.1, -0.05) is 59.8 Å². The van der Waals surface area contributed by atoms with Gasteiger partial charge in [-0.2, -0.15) is 0 Å². The van der Waals surface area contributed by atoms with Crippen molar-refractivity contribution in [2.24, 2.45) is 22.6 Å². The SMILES string of the molecule is CCCCC(C)CC(N)=NC1(C(C)CCCC)CCC1. The van der Waals surface area contributed by atoms with E-state index >= 15 is 0 Å². The van der Waals surface area contributed by atoms with Crippen molar-refractivity contribution >= 4 is 5.84 Å². The first kappa shape index (κ1) is 17.5. The van der Waals surface area contributed by atoms with Crippen LogP contribution in [0, 0.1) is 11.8 Å². The van der Waals surface area contributed by atoms with Gasteiger partial charge in [0.15, 0.2) is 0 Å². The van der Waals surface area contributed by atoms with Crippen molar-refractivity contribution in [1.82, 2.24) is 0 Å². The highest BCUT2D eigenvalue weighted by Gasteiger charge is 2.41. The van der Waals surface area contributed by atoms with Gasteiger partial charge in [0.1, 0.15) is 0 Å². The van der Waals surface area contributed by atoms with Gasteiger partial charge in [0.25, 0.3) is 0 Å². The molecule has 0 spiro atoms. The first-order valence-corrected chi connectivity index (χ1v) is 8.88. The Kier molecular flexibility index (Phi) is 7.61. The summed E-state index contributed by atoms with van der Waals surface area (Å²) in [5, 5.41) is 0. The molecule has 0 aromatic rings. The Bertz CT molecular complexity index is 292. The summed E-state index contributed by atoms with van der Waals surface area (Å²) >= 11 is 0. The Hall–Kier alpha value is -0.530. The zero-order valence-corrected chi connectivity index (χ0v) is 14.3. The smallest absolute Gasteiger partial charge is 0.0946 e. The third-order valence-electron chi connectivity index (χ3n) is 5.10. The van der Waals surface area contributed by atoms with Crippen LogP contribution in [0.3, 0.4) is 0 Å². The average molecular weight is 280 g/mol. The van der Waals surface area contributed by atoms with Crippen LogP contribution < -0.4 is 5.73 Å². The quantitative estimate of drug-likeness (QED) is 0.427. The van der Waals surface area contributed by atoms with E-state index in [1.807, 2.05) is 0 Å². The van der Waals surface area contributed by atoms with E-state index in [0.29, 0.717) is 11.8 Å². The van der Waals surface area contributed by atoms with Crippen LogP contribution in [0.25, 0.3) is 0 Å². The Morgan fingerprint density at radius 1 is 1.10 bits per heavy atom. The number of nitrogens with zero attached hydrogens (tertiary/aromatic N) is 1. The van der Waals surface area contributed by atoms with Crippen LogP contribution in [0.5, 0.6) is 0 Å². The fraction of sp³-hybridized carbons (Fsp3) is 0.944. The van der Waals surface area contributed by atoms with Crippen LogP contribution in [-0.4, -0.2) is 11.4 Å². The Morgan fingerprint density at radius 3 is 2.20 bits per heavy atom. The van der Waals surface area contributed by atoms with Gasteiger partial charge in [0, 0.05) is 6.42 Å². The molecule has 1 aliphatic carbocycles. The normalized spacial score (nSPS) is 21.3. The van der Waals surface area contributed by atoms with Crippen molar-refractivity contribution in [2.75, 3.05) is 0 Å². The summed E-state index contributed by atoms with van der Waals surface area (Å²) in [4.78, 5) is 5.01. The van der Waals surface area contributed by atoms with Gasteiger partial charge in [-0.25, -0.2) is 0 Å². The molecular formula is C18H36N2. The van der Waals surface area contributed by atoms with E-state index in [4.69, 9.17) is 10.7 Å². The summed E-state index contributed by atoms with van der Waals surface area (Å²) in [6.45, 7) is 9.22. The lowest BCUT2D eigenvalue weighted by atomic mass is 9.67. The molecule has 0 bridgehead atoms. The van der Waals surface area contributed by atoms with E-state index in [-0.39, 0.29) is 5.54 Å². The van der Waals surface area contributed by atoms with E-state index in [9.17, 15) is 0 Å². The molecule has 118 valence electrons. The molecule has 0 amide bonds. The largest absolute Gasteiger partial charge is 0.387 e. The molecule has 0 saturated heterocycles. The molecular weight excluding hydrogens is 244 g/mol. The van der Waals surface area contributed by atoms with E-state index in [1.54, 1.807) is 0 Å². The molecule has 0 heterocycles. The topological polar surface area (TPSA) is 38.4 Å². The lowest BCUT2D eigenvalue weighted by Crippen LogP contribution is -2.43. The fourth-order valence-electron chi connectivity index (χ4n) is 3.38. The molecule has 2 heteroatoms. The van der Waals surface area contributed by atoms with Gasteiger partial charge >= 0.3 is 0 Å². The molecule has 20 heavy (non-hydrogen) atoms. The van der Waals surface area contributed by atoms with Crippen LogP contribution in [-0.2, 0) is 0 Å². The Balaban J connectivity index is 2.53. The van der Waals surface area contributed by atoms with E-state index in [2.05, 4.69) is 27.7 Å². The summed E-state index contributed by atoms with van der Waals surface area (Å²) < 4.78 is 0. The van der Waals surface area contributed by atoms with Crippen molar-refractivity contribution < 1.29 is 0 Å². The maximum absolute atomic E-state index is 6.26. The molecule has 0 aliphatic heterocycles. The molecule has 1 saturated carbocycles. The van der Waals surface area contributed by atoms with Crippen molar-refractivity contribution in [1.29, 1.82) is 0 Å². The second-order valence-corrected chi connectivity index (χ2v) is 7.06. The summed E-state index contributed by atoms with van der Waals surface area (Å²) in [5.74, 6) is 2.29. The monoisotopic (exact) mass is 280 g/mol. The molecule has 2 unspecified atom stereocenters. The number of rotatable bonds is 10. The number of aliphatic imine (C=N–C) groups is 1. The van der Waals surface area contributed by atoms with Crippen LogP contribution >= 0.6 is 0 Å². The number of unbranched alkanes of at least 4 members (excludes halogenated alkanes) is 2. The van der Waals surface area contributed by atoms with Gasteiger partial charge in [0.2, 0.25) is 0 Å². The van der Waals surface area contributed by atoms with E-state index < -0.39 is 0 Å². The minimum atomic E-state index is 0.198.